The first-order valence-corrected chi connectivity index (χ1v) is 14.4. The lowest BCUT2D eigenvalue weighted by molar-refractivity contribution is -0.166. The summed E-state index contributed by atoms with van der Waals surface area (Å²) in [6.07, 6.45) is -0.0906. The molecule has 0 spiro atoms. The lowest BCUT2D eigenvalue weighted by Crippen LogP contribution is -2.53. The summed E-state index contributed by atoms with van der Waals surface area (Å²) in [4.78, 5) is 66.5. The summed E-state index contributed by atoms with van der Waals surface area (Å²) in [7, 11) is 1.17. The average Bonchev–Trinajstić information content (AvgIpc) is 3.34. The number of hydrogen-bond acceptors (Lipinski definition) is 9. The molecule has 2 aromatic rings. The summed E-state index contributed by atoms with van der Waals surface area (Å²) in [5, 5.41) is 9.01. The van der Waals surface area contributed by atoms with Crippen LogP contribution in [0.1, 0.15) is 55.7 Å². The van der Waals surface area contributed by atoms with Gasteiger partial charge in [0.25, 0.3) is 5.91 Å². The number of rotatable bonds is 16. The summed E-state index contributed by atoms with van der Waals surface area (Å²) in [5.74, 6) is -2.88. The van der Waals surface area contributed by atoms with E-state index in [-0.39, 0.29) is 31.0 Å². The molecule has 230 valence electrons. The molecule has 1 aliphatic rings. The minimum atomic E-state index is -1.77. The fraction of sp³-hybridized carbons (Fsp3) is 0.424. The van der Waals surface area contributed by atoms with Crippen LogP contribution >= 0.6 is 0 Å². The molecule has 2 amide bonds. The molecule has 3 atom stereocenters. The van der Waals surface area contributed by atoms with Crippen molar-refractivity contribution in [2.24, 2.45) is 0 Å². The Kier molecular flexibility index (Phi) is 12.8. The zero-order valence-electron chi connectivity index (χ0n) is 24.8. The molecule has 0 bridgehead atoms. The van der Waals surface area contributed by atoms with Gasteiger partial charge in [-0.2, -0.15) is 0 Å². The number of unbranched alkanes of at least 4 members (excludes halogenated alkanes) is 3. The Morgan fingerprint density at radius 2 is 1.74 bits per heavy atom. The van der Waals surface area contributed by atoms with Crippen LogP contribution in [0.5, 0.6) is 0 Å². The molecule has 2 aromatic carbocycles. The third kappa shape index (κ3) is 9.42. The molecular formula is C33H39NO9. The van der Waals surface area contributed by atoms with Crippen molar-refractivity contribution in [1.29, 1.82) is 0 Å². The number of benzene rings is 2. The molecule has 1 N–H and O–H groups in total. The van der Waals surface area contributed by atoms with Crippen LogP contribution in [0, 0.1) is 6.92 Å². The molecular weight excluding hydrogens is 554 g/mol. The second-order valence-electron chi connectivity index (χ2n) is 10.5. The highest BCUT2D eigenvalue weighted by atomic mass is 16.6. The van der Waals surface area contributed by atoms with Crippen LogP contribution in [0.4, 0.5) is 4.79 Å². The van der Waals surface area contributed by atoms with Gasteiger partial charge >= 0.3 is 12.1 Å². The first-order valence-electron chi connectivity index (χ1n) is 14.4. The van der Waals surface area contributed by atoms with Crippen molar-refractivity contribution in [3.05, 3.63) is 77.4 Å². The number of hydrogen-bond donors (Lipinski definition) is 1. The van der Waals surface area contributed by atoms with Crippen molar-refractivity contribution >= 4 is 35.1 Å². The fourth-order valence-electron chi connectivity index (χ4n) is 4.95. The number of methoxy groups -OCH3 is 1. The first kappa shape index (κ1) is 33.4. The molecule has 10 heteroatoms. The Morgan fingerprint density at radius 1 is 1.02 bits per heavy atom. The average molecular weight is 594 g/mol. The van der Waals surface area contributed by atoms with Crippen molar-refractivity contribution in [2.45, 2.75) is 70.6 Å². The molecule has 1 fully saturated rings. The number of imide groups is 1. The van der Waals surface area contributed by atoms with E-state index in [0.717, 1.165) is 41.9 Å². The number of carbonyl (C=O) groups excluding carboxylic acids is 5. The number of Topliss-reactive ketones (excluding diaryl/α,β-unsaturated/α-hetero) is 1. The van der Waals surface area contributed by atoms with E-state index in [1.54, 1.807) is 18.2 Å². The van der Waals surface area contributed by atoms with Crippen LogP contribution in [-0.4, -0.2) is 78.1 Å². The number of aryl methyl sites for hydroxylation is 1. The Hall–Kier alpha value is -4.15. The standard InChI is InChI=1S/C33H39NO9/c1-22-12-11-15-25(18-22)27(28(37)16-9-4-5-10-17-35)20-29(38)30(43-23(2)36)31(41-3)32(39)34-26(21-42-33(34)40)19-24-13-7-6-8-14-24/h6-8,11-15,18,20,26,30-31,35H,4-5,9-10,16-17,19,21H2,1-3H3/t26-,30+,31-/m0/s1. The van der Waals surface area contributed by atoms with Gasteiger partial charge in [-0.25, -0.2) is 9.69 Å². The van der Waals surface area contributed by atoms with Crippen LogP contribution in [0.25, 0.3) is 5.57 Å². The van der Waals surface area contributed by atoms with Crippen LogP contribution in [0.15, 0.2) is 60.7 Å². The molecule has 0 radical (unpaired) electrons. The summed E-state index contributed by atoms with van der Waals surface area (Å²) >= 11 is 0. The van der Waals surface area contributed by atoms with Gasteiger partial charge in [-0.3, -0.25) is 19.2 Å². The molecule has 43 heavy (non-hydrogen) atoms. The van der Waals surface area contributed by atoms with Crippen LogP contribution in [0.2, 0.25) is 0 Å². The lowest BCUT2D eigenvalue weighted by Gasteiger charge is -2.28. The third-order valence-electron chi connectivity index (χ3n) is 7.09. The summed E-state index contributed by atoms with van der Waals surface area (Å²) < 4.78 is 15.9. The summed E-state index contributed by atoms with van der Waals surface area (Å²) in [6.45, 7) is 2.97. The van der Waals surface area contributed by atoms with E-state index >= 15 is 0 Å². The lowest BCUT2D eigenvalue weighted by atomic mass is 9.94. The number of allylic oxidation sites excluding steroid dienone is 1. The van der Waals surface area contributed by atoms with Gasteiger partial charge in [0, 0.05) is 32.6 Å². The molecule has 0 unspecified atom stereocenters. The minimum absolute atomic E-state index is 0.0493. The second kappa shape index (κ2) is 16.5. The molecule has 1 heterocycles. The maximum absolute atomic E-state index is 13.7. The maximum atomic E-state index is 13.7. The van der Waals surface area contributed by atoms with Crippen molar-refractivity contribution in [1.82, 2.24) is 4.90 Å². The Bertz CT molecular complexity index is 1320. The zero-order chi connectivity index (χ0) is 31.4. The smallest absolute Gasteiger partial charge is 0.417 e. The van der Waals surface area contributed by atoms with Crippen LogP contribution in [0.3, 0.4) is 0 Å². The number of carbonyl (C=O) groups is 5. The SMILES string of the molecule is CO[C@H](C(=O)N1C(=O)OC[C@@H]1Cc1ccccc1)[C@H](OC(C)=O)C(=O)C=C(C(=O)CCCCCCO)c1cccc(C)c1. The highest BCUT2D eigenvalue weighted by molar-refractivity contribution is 6.25. The Labute approximate surface area is 251 Å². The molecule has 1 aliphatic heterocycles. The van der Waals surface area contributed by atoms with Gasteiger partial charge in [0.05, 0.1) is 6.04 Å². The minimum Gasteiger partial charge on any atom is -0.451 e. The molecule has 0 saturated carbocycles. The van der Waals surface area contributed by atoms with E-state index in [2.05, 4.69) is 0 Å². The zero-order valence-corrected chi connectivity index (χ0v) is 24.8. The maximum Gasteiger partial charge on any atom is 0.417 e. The number of aliphatic hydroxyl groups is 1. The third-order valence-corrected chi connectivity index (χ3v) is 7.09. The van der Waals surface area contributed by atoms with Crippen molar-refractivity contribution < 1.29 is 43.3 Å². The van der Waals surface area contributed by atoms with Crippen molar-refractivity contribution in [2.75, 3.05) is 20.3 Å². The number of cyclic esters (lactones) is 1. The number of aliphatic hydroxyl groups excluding tert-OH is 1. The van der Waals surface area contributed by atoms with Gasteiger partial charge in [-0.05, 0) is 43.4 Å². The van der Waals surface area contributed by atoms with E-state index in [1.165, 1.54) is 7.11 Å². The molecule has 0 aromatic heterocycles. The number of ether oxygens (including phenoxy) is 3. The second-order valence-corrected chi connectivity index (χ2v) is 10.5. The van der Waals surface area contributed by atoms with E-state index in [0.29, 0.717) is 24.8 Å². The quantitative estimate of drug-likeness (QED) is 0.174. The van der Waals surface area contributed by atoms with E-state index in [4.69, 9.17) is 19.3 Å². The highest BCUT2D eigenvalue weighted by Gasteiger charge is 2.46. The van der Waals surface area contributed by atoms with Gasteiger partial charge in [-0.15, -0.1) is 0 Å². The highest BCUT2D eigenvalue weighted by Crippen LogP contribution is 2.24. The van der Waals surface area contributed by atoms with E-state index in [9.17, 15) is 24.0 Å². The molecule has 10 nitrogen and oxygen atoms in total. The number of ketones is 2. The predicted molar refractivity (Wildman–Crippen MR) is 158 cm³/mol. The van der Waals surface area contributed by atoms with Gasteiger partial charge < -0.3 is 19.3 Å². The van der Waals surface area contributed by atoms with Crippen molar-refractivity contribution in [3.63, 3.8) is 0 Å². The summed E-state index contributed by atoms with van der Waals surface area (Å²) in [5.41, 5.74) is 2.34. The Balaban J connectivity index is 1.92. The van der Waals surface area contributed by atoms with Crippen molar-refractivity contribution in [3.8, 4) is 0 Å². The largest absolute Gasteiger partial charge is 0.451 e. The van der Waals surface area contributed by atoms with Crippen LogP contribution in [-0.2, 0) is 39.8 Å². The summed E-state index contributed by atoms with van der Waals surface area (Å²) in [6, 6.07) is 15.6. The van der Waals surface area contributed by atoms with Gasteiger partial charge in [-0.1, -0.05) is 73.0 Å². The topological polar surface area (TPSA) is 137 Å². The Morgan fingerprint density at radius 3 is 2.40 bits per heavy atom. The molecule has 3 rings (SSSR count). The monoisotopic (exact) mass is 593 g/mol. The molecule has 1 saturated heterocycles. The predicted octanol–water partition coefficient (Wildman–Crippen LogP) is 4.00. The van der Waals surface area contributed by atoms with Crippen LogP contribution < -0.4 is 0 Å². The molecule has 0 aliphatic carbocycles. The normalized spacial score (nSPS) is 16.4. The van der Waals surface area contributed by atoms with Gasteiger partial charge in [0.1, 0.15) is 6.61 Å². The number of amides is 2. The van der Waals surface area contributed by atoms with Gasteiger partial charge in [0.2, 0.25) is 0 Å². The van der Waals surface area contributed by atoms with E-state index in [1.807, 2.05) is 43.3 Å². The fourth-order valence-corrected chi connectivity index (χ4v) is 4.95. The number of esters is 1. The number of nitrogens with zero attached hydrogens (tertiary/aromatic N) is 1. The van der Waals surface area contributed by atoms with Gasteiger partial charge in [0.15, 0.2) is 23.8 Å². The first-order chi connectivity index (χ1) is 20.7. The van der Waals surface area contributed by atoms with E-state index < -0.39 is 42.0 Å².